The van der Waals surface area contributed by atoms with Crippen LogP contribution in [0.25, 0.3) is 0 Å². The number of benzene rings is 1. The van der Waals surface area contributed by atoms with Crippen molar-refractivity contribution in [1.29, 1.82) is 0 Å². The summed E-state index contributed by atoms with van der Waals surface area (Å²) in [4.78, 5) is 4.39. The van der Waals surface area contributed by atoms with Crippen LogP contribution < -0.4 is 5.32 Å². The summed E-state index contributed by atoms with van der Waals surface area (Å²) in [5.74, 6) is 1.23. The summed E-state index contributed by atoms with van der Waals surface area (Å²) in [5.41, 5.74) is 0.823. The number of aromatic nitrogens is 2. The van der Waals surface area contributed by atoms with Crippen molar-refractivity contribution in [2.24, 2.45) is 0 Å². The molecule has 1 N–H and O–H groups in total. The number of nitrogens with zero attached hydrogens (tertiary/aromatic N) is 2. The van der Waals surface area contributed by atoms with E-state index < -0.39 is 0 Å². The third-order valence-electron chi connectivity index (χ3n) is 3.23. The van der Waals surface area contributed by atoms with E-state index in [9.17, 15) is 0 Å². The Morgan fingerprint density at radius 1 is 1.30 bits per heavy atom. The maximum absolute atomic E-state index is 6.13. The van der Waals surface area contributed by atoms with E-state index in [1.54, 1.807) is 12.1 Å². The van der Waals surface area contributed by atoms with Gasteiger partial charge in [0.2, 0.25) is 5.89 Å². The van der Waals surface area contributed by atoms with Gasteiger partial charge in [-0.2, -0.15) is 4.98 Å². The van der Waals surface area contributed by atoms with Crippen LogP contribution in [0.2, 0.25) is 10.0 Å². The zero-order chi connectivity index (χ0) is 14.5. The van der Waals surface area contributed by atoms with E-state index in [2.05, 4.69) is 22.4 Å². The second-order valence-electron chi connectivity index (χ2n) is 4.58. The quantitative estimate of drug-likeness (QED) is 0.886. The number of nitrogens with one attached hydrogen (secondary N) is 1. The van der Waals surface area contributed by atoms with E-state index in [1.807, 2.05) is 13.1 Å². The maximum Gasteiger partial charge on any atom is 0.228 e. The molecule has 6 heteroatoms. The van der Waals surface area contributed by atoms with Crippen molar-refractivity contribution >= 4 is 23.2 Å². The predicted molar refractivity (Wildman–Crippen MR) is 80.4 cm³/mol. The first-order chi connectivity index (χ1) is 9.63. The summed E-state index contributed by atoms with van der Waals surface area (Å²) in [6.07, 6.45) is 2.19. The van der Waals surface area contributed by atoms with E-state index in [0.717, 1.165) is 18.4 Å². The number of rotatable bonds is 6. The van der Waals surface area contributed by atoms with Crippen molar-refractivity contribution in [1.82, 2.24) is 15.5 Å². The summed E-state index contributed by atoms with van der Waals surface area (Å²) in [5, 5.41) is 8.42. The average molecular weight is 314 g/mol. The Kier molecular flexibility index (Phi) is 5.40. The first-order valence-corrected chi connectivity index (χ1v) is 7.31. The Labute approximate surface area is 128 Å². The topological polar surface area (TPSA) is 51.0 Å². The molecule has 0 saturated carbocycles. The summed E-state index contributed by atoms with van der Waals surface area (Å²) in [7, 11) is 1.93. The minimum atomic E-state index is 0.340. The Balaban J connectivity index is 2.10. The number of halogens is 2. The highest BCUT2D eigenvalue weighted by Crippen LogP contribution is 2.26. The van der Waals surface area contributed by atoms with Gasteiger partial charge in [-0.3, -0.25) is 0 Å². The molecule has 0 aliphatic carbocycles. The molecule has 0 saturated heterocycles. The molecule has 20 heavy (non-hydrogen) atoms. The molecule has 0 radical (unpaired) electrons. The lowest BCUT2D eigenvalue weighted by Gasteiger charge is -2.09. The second-order valence-corrected chi connectivity index (χ2v) is 5.39. The minimum absolute atomic E-state index is 0.340. The normalized spacial score (nSPS) is 12.6. The fourth-order valence-corrected chi connectivity index (χ4v) is 2.50. The smallest absolute Gasteiger partial charge is 0.228 e. The molecule has 0 fully saturated rings. The van der Waals surface area contributed by atoms with E-state index in [-0.39, 0.29) is 0 Å². The second kappa shape index (κ2) is 7.07. The molecule has 2 aromatic rings. The first kappa shape index (κ1) is 15.3. The van der Waals surface area contributed by atoms with E-state index in [0.29, 0.717) is 34.2 Å². The Morgan fingerprint density at radius 2 is 2.00 bits per heavy atom. The molecule has 0 bridgehead atoms. The molecule has 1 unspecified atom stereocenters. The lowest BCUT2D eigenvalue weighted by Crippen LogP contribution is -2.26. The van der Waals surface area contributed by atoms with Crippen molar-refractivity contribution in [2.45, 2.75) is 32.2 Å². The highest BCUT2D eigenvalue weighted by atomic mass is 35.5. The van der Waals surface area contributed by atoms with E-state index >= 15 is 0 Å². The van der Waals surface area contributed by atoms with Gasteiger partial charge in [0, 0.05) is 28.9 Å². The molecular formula is C14H17Cl2N3O. The fraction of sp³-hybridized carbons (Fsp3) is 0.429. The molecular weight excluding hydrogens is 297 g/mol. The molecule has 0 spiro atoms. The third-order valence-corrected chi connectivity index (χ3v) is 3.94. The van der Waals surface area contributed by atoms with E-state index in [4.69, 9.17) is 27.7 Å². The lowest BCUT2D eigenvalue weighted by atomic mass is 10.1. The molecule has 0 aliphatic rings. The van der Waals surface area contributed by atoms with Crippen molar-refractivity contribution in [2.75, 3.05) is 7.05 Å². The van der Waals surface area contributed by atoms with Crippen LogP contribution in [0.5, 0.6) is 0 Å². The maximum atomic E-state index is 6.13. The molecule has 1 atom stereocenters. The highest BCUT2D eigenvalue weighted by molar-refractivity contribution is 6.36. The van der Waals surface area contributed by atoms with Crippen LogP contribution in [0, 0.1) is 0 Å². The zero-order valence-electron chi connectivity index (χ0n) is 11.5. The number of likely N-dealkylation sites (N-methyl/N-ethyl adjacent to an activating group) is 1. The number of hydrogen-bond acceptors (Lipinski definition) is 4. The van der Waals surface area contributed by atoms with Crippen LogP contribution in [0.1, 0.15) is 30.6 Å². The highest BCUT2D eigenvalue weighted by Gasteiger charge is 2.14. The zero-order valence-corrected chi connectivity index (χ0v) is 13.0. The van der Waals surface area contributed by atoms with Gasteiger partial charge in [0.05, 0.1) is 0 Å². The van der Waals surface area contributed by atoms with Crippen LogP contribution in [-0.4, -0.2) is 23.2 Å². The van der Waals surface area contributed by atoms with Crippen LogP contribution in [0.4, 0.5) is 0 Å². The summed E-state index contributed by atoms with van der Waals surface area (Å²) in [6.45, 7) is 2.11. The first-order valence-electron chi connectivity index (χ1n) is 6.55. The summed E-state index contributed by atoms with van der Waals surface area (Å²) in [6, 6.07) is 5.76. The largest absolute Gasteiger partial charge is 0.339 e. The molecule has 108 valence electrons. The summed E-state index contributed by atoms with van der Waals surface area (Å²) >= 11 is 12.3. The van der Waals surface area contributed by atoms with Gasteiger partial charge < -0.3 is 9.84 Å². The van der Waals surface area contributed by atoms with Crippen LogP contribution in [-0.2, 0) is 12.8 Å². The molecule has 2 rings (SSSR count). The van der Waals surface area contributed by atoms with Crippen molar-refractivity contribution in [3.8, 4) is 0 Å². The standard InChI is InChI=1S/C14H17Cl2N3O/c1-3-9(17-2)7-14-18-13(19-20-14)8-10-11(15)5-4-6-12(10)16/h4-6,9,17H,3,7-8H2,1-2H3. The van der Waals surface area contributed by atoms with Crippen LogP contribution in [0.15, 0.2) is 22.7 Å². The van der Waals surface area contributed by atoms with Gasteiger partial charge in [0.25, 0.3) is 0 Å². The predicted octanol–water partition coefficient (Wildman–Crippen LogP) is 3.51. The van der Waals surface area contributed by atoms with Gasteiger partial charge in [-0.25, -0.2) is 0 Å². The minimum Gasteiger partial charge on any atom is -0.339 e. The molecule has 0 aliphatic heterocycles. The van der Waals surface area contributed by atoms with Gasteiger partial charge in [0.1, 0.15) is 0 Å². The molecule has 0 amide bonds. The molecule has 4 nitrogen and oxygen atoms in total. The average Bonchev–Trinajstić information content (AvgIpc) is 2.88. The van der Waals surface area contributed by atoms with Gasteiger partial charge in [0.15, 0.2) is 5.82 Å². The monoisotopic (exact) mass is 313 g/mol. The van der Waals surface area contributed by atoms with E-state index in [1.165, 1.54) is 0 Å². The van der Waals surface area contributed by atoms with Gasteiger partial charge in [-0.15, -0.1) is 0 Å². The fourth-order valence-electron chi connectivity index (χ4n) is 1.97. The Hall–Kier alpha value is -1.10. The lowest BCUT2D eigenvalue weighted by molar-refractivity contribution is 0.355. The van der Waals surface area contributed by atoms with Crippen LogP contribution in [0.3, 0.4) is 0 Å². The van der Waals surface area contributed by atoms with Gasteiger partial charge in [-0.05, 0) is 31.2 Å². The third kappa shape index (κ3) is 3.72. The van der Waals surface area contributed by atoms with Gasteiger partial charge >= 0.3 is 0 Å². The summed E-state index contributed by atoms with van der Waals surface area (Å²) < 4.78 is 5.26. The van der Waals surface area contributed by atoms with Gasteiger partial charge in [-0.1, -0.05) is 41.3 Å². The SMILES string of the molecule is CCC(Cc1nc(Cc2c(Cl)cccc2Cl)no1)NC. The Bertz CT molecular complexity index is 547. The molecule has 1 aromatic carbocycles. The number of hydrogen-bond donors (Lipinski definition) is 1. The molecule has 1 heterocycles. The van der Waals surface area contributed by atoms with Crippen molar-refractivity contribution in [3.05, 3.63) is 45.5 Å². The van der Waals surface area contributed by atoms with Crippen molar-refractivity contribution < 1.29 is 4.52 Å². The molecule has 1 aromatic heterocycles. The van der Waals surface area contributed by atoms with Crippen LogP contribution >= 0.6 is 23.2 Å². The Morgan fingerprint density at radius 3 is 2.60 bits per heavy atom. The van der Waals surface area contributed by atoms with Crippen molar-refractivity contribution in [3.63, 3.8) is 0 Å².